The monoisotopic (exact) mass is 955 g/mol. The number of unbranched alkanes of at least 4 members (excludes halogenated alkanes) is 2. The second-order valence-electron chi connectivity index (χ2n) is 16.5. The highest BCUT2D eigenvalue weighted by molar-refractivity contribution is 14.1. The van der Waals surface area contributed by atoms with Crippen LogP contribution in [-0.2, 0) is 13.5 Å². The summed E-state index contributed by atoms with van der Waals surface area (Å²) >= 11 is 1.94. The Balaban J connectivity index is 1.54. The number of rotatable bonds is 12. The van der Waals surface area contributed by atoms with Gasteiger partial charge in [0.2, 0.25) is 0 Å². The average molecular weight is 956 g/mol. The molecule has 0 spiro atoms. The van der Waals surface area contributed by atoms with Crippen molar-refractivity contribution in [2.24, 2.45) is 13.0 Å². The molecule has 3 aromatic carbocycles. The zero-order valence-electron chi connectivity index (χ0n) is 35.8. The van der Waals surface area contributed by atoms with Crippen LogP contribution in [0, 0.1) is 22.2 Å². The number of nitrogens with one attached hydrogen (secondary N) is 1. The Morgan fingerprint density at radius 3 is 2.44 bits per heavy atom. The number of halogens is 2. The zero-order chi connectivity index (χ0) is 44.7. The maximum Gasteiger partial charge on any atom is 0.425 e. The molecule has 0 saturated heterocycles. The normalized spacial score (nSPS) is 16.2. The van der Waals surface area contributed by atoms with Crippen LogP contribution in [0.2, 0.25) is 0 Å². The molecule has 2 aromatic heterocycles. The quantitative estimate of drug-likeness (QED) is 0.0721. The first kappa shape index (κ1) is 44.3. The molecule has 1 fully saturated rings. The maximum absolute atomic E-state index is 16.6. The van der Waals surface area contributed by atoms with Gasteiger partial charge in [0.25, 0.3) is 17.0 Å². The lowest BCUT2D eigenvalue weighted by Crippen LogP contribution is -2.43. The molecule has 7 rings (SSSR count). The first-order valence-electron chi connectivity index (χ1n) is 21.0. The molecule has 2 N–H and O–H groups in total. The van der Waals surface area contributed by atoms with E-state index >= 15 is 9.18 Å². The number of phenols is 1. The molecule has 5 aromatic rings. The molecule has 2 unspecified atom stereocenters. The van der Waals surface area contributed by atoms with Gasteiger partial charge in [-0.2, -0.15) is 0 Å². The van der Waals surface area contributed by atoms with E-state index in [1.54, 1.807) is 36.4 Å². The average Bonchev–Trinajstić information content (AvgIpc) is 4.07. The lowest BCUT2D eigenvalue weighted by Gasteiger charge is -2.32. The van der Waals surface area contributed by atoms with Crippen LogP contribution in [0.25, 0.3) is 16.6 Å². The number of aromatic hydroxyl groups is 1. The number of fused-ring (bicyclic) bond motifs is 1. The predicted molar refractivity (Wildman–Crippen MR) is 248 cm³/mol. The van der Waals surface area contributed by atoms with E-state index in [4.69, 9.17) is 4.74 Å². The smallest absolute Gasteiger partial charge is 0.425 e. The standard InChI is InChI=1S/C48H51FIN5O7/c1-8-9-10-12-29-22-38(56)40(35-21-27(4)15-19-34(35)26(2)3)39(23-29)62-48(61)55(37-20-16-31(50)25-36(37)49)44-41-42(28(5)45(58)52(44)7)53(47(60)54(46(41)59)32-17-18-32)33-14-11-13-30(24-33)43(57)51-6/h11,13-14,16,20-25,32,34-35,56H,2,8-10,12,15,17-19H2,1,3-7H3,(H,51,57). The van der Waals surface area contributed by atoms with Crippen LogP contribution in [-0.4, -0.2) is 37.9 Å². The molecule has 0 bridgehead atoms. The van der Waals surface area contributed by atoms with Gasteiger partial charge in [-0.05, 0) is 142 Å². The fourth-order valence-corrected chi connectivity index (χ4v) is 9.15. The molecule has 1 saturated carbocycles. The number of allylic oxidation sites excluding steroid dienone is 3. The second-order valence-corrected chi connectivity index (χ2v) is 17.7. The fourth-order valence-electron chi connectivity index (χ4n) is 8.70. The Morgan fingerprint density at radius 1 is 1.03 bits per heavy atom. The van der Waals surface area contributed by atoms with Crippen molar-refractivity contribution in [2.45, 2.75) is 91.0 Å². The summed E-state index contributed by atoms with van der Waals surface area (Å²) in [5.74, 6) is -2.17. The first-order chi connectivity index (χ1) is 29.6. The highest BCUT2D eigenvalue weighted by atomic mass is 127. The molecule has 2 aliphatic rings. The van der Waals surface area contributed by atoms with Crippen molar-refractivity contribution in [3.8, 4) is 17.2 Å². The Morgan fingerprint density at radius 2 is 1.77 bits per heavy atom. The summed E-state index contributed by atoms with van der Waals surface area (Å²) < 4.78 is 26.9. The number of amides is 2. The third-order valence-corrected chi connectivity index (χ3v) is 12.7. The lowest BCUT2D eigenvalue weighted by molar-refractivity contribution is 0.0963. The number of nitrogens with zero attached hydrogens (tertiary/aromatic N) is 4. The van der Waals surface area contributed by atoms with Crippen LogP contribution in [0.1, 0.15) is 105 Å². The molecular weight excluding hydrogens is 904 g/mol. The minimum Gasteiger partial charge on any atom is -0.507 e. The molecule has 2 aliphatic carbocycles. The number of phenolic OH excluding ortho intramolecular Hbond substituents is 1. The first-order valence-corrected chi connectivity index (χ1v) is 22.0. The third-order valence-electron chi connectivity index (χ3n) is 12.0. The van der Waals surface area contributed by atoms with Crippen molar-refractivity contribution in [1.29, 1.82) is 0 Å². The molecule has 324 valence electrons. The molecule has 14 heteroatoms. The van der Waals surface area contributed by atoms with Crippen molar-refractivity contribution < 1.29 is 23.8 Å². The maximum atomic E-state index is 16.6. The molecule has 12 nitrogen and oxygen atoms in total. The van der Waals surface area contributed by atoms with Crippen molar-refractivity contribution in [2.75, 3.05) is 11.9 Å². The van der Waals surface area contributed by atoms with Crippen LogP contribution in [0.3, 0.4) is 0 Å². The molecule has 0 radical (unpaired) electrons. The Kier molecular flexibility index (Phi) is 12.8. The highest BCUT2D eigenvalue weighted by Crippen LogP contribution is 2.48. The van der Waals surface area contributed by atoms with Crippen LogP contribution in [0.5, 0.6) is 11.5 Å². The number of carbonyl (C=O) groups excluding carboxylic acids is 2. The number of pyridine rings is 1. The van der Waals surface area contributed by atoms with Gasteiger partial charge in [-0.25, -0.2) is 18.9 Å². The SMILES string of the molecule is C=C(C)C1CCC(C)=CC1c1c(O)cc(CCCCC)cc1OC(=O)N(c1ccc(I)cc1F)c1c2c(=O)n(C3CC3)c(=O)n(-c3cccc(C(=O)NC)c3)c2c(C)c(=O)n1C. The van der Waals surface area contributed by atoms with Gasteiger partial charge in [-0.3, -0.25) is 28.1 Å². The minimum absolute atomic E-state index is 0.00224. The van der Waals surface area contributed by atoms with E-state index in [1.165, 1.54) is 43.8 Å². The van der Waals surface area contributed by atoms with E-state index in [1.807, 2.05) is 36.4 Å². The van der Waals surface area contributed by atoms with Crippen LogP contribution < -0.4 is 31.8 Å². The summed E-state index contributed by atoms with van der Waals surface area (Å²) in [7, 11) is 2.84. The van der Waals surface area contributed by atoms with Crippen molar-refractivity contribution in [3.05, 3.63) is 141 Å². The van der Waals surface area contributed by atoms with E-state index in [9.17, 15) is 24.3 Å². The number of anilines is 2. The summed E-state index contributed by atoms with van der Waals surface area (Å²) in [6.07, 6.45) is 6.82. The van der Waals surface area contributed by atoms with Gasteiger partial charge in [-0.15, -0.1) is 0 Å². The van der Waals surface area contributed by atoms with E-state index in [2.05, 4.69) is 24.9 Å². The summed E-state index contributed by atoms with van der Waals surface area (Å²) in [4.78, 5) is 73.0. The predicted octanol–water partition coefficient (Wildman–Crippen LogP) is 9.39. The number of hydrogen-bond acceptors (Lipinski definition) is 7. The highest BCUT2D eigenvalue weighted by Gasteiger charge is 2.37. The number of carbonyl (C=O) groups is 2. The largest absolute Gasteiger partial charge is 0.507 e. The molecule has 2 heterocycles. The summed E-state index contributed by atoms with van der Waals surface area (Å²) in [6.45, 7) is 11.8. The fraction of sp³-hybridized carbons (Fsp3) is 0.354. The number of hydrogen-bond donors (Lipinski definition) is 2. The van der Waals surface area contributed by atoms with Gasteiger partial charge in [0.1, 0.15) is 28.5 Å². The number of benzene rings is 3. The third kappa shape index (κ3) is 8.28. The minimum atomic E-state index is -1.17. The molecule has 62 heavy (non-hydrogen) atoms. The number of aryl methyl sites for hydroxylation is 2. The van der Waals surface area contributed by atoms with Crippen molar-refractivity contribution >= 4 is 57.0 Å². The topological polar surface area (TPSA) is 145 Å². The van der Waals surface area contributed by atoms with Crippen LogP contribution >= 0.6 is 22.6 Å². The second kappa shape index (κ2) is 17.9. The summed E-state index contributed by atoms with van der Waals surface area (Å²) in [6, 6.07) is 13.3. The van der Waals surface area contributed by atoms with Crippen molar-refractivity contribution in [1.82, 2.24) is 19.0 Å². The van der Waals surface area contributed by atoms with Gasteiger partial charge in [0, 0.05) is 46.3 Å². The number of ether oxygens (including phenoxy) is 1. The van der Waals surface area contributed by atoms with E-state index in [0.717, 1.165) is 62.8 Å². The van der Waals surface area contributed by atoms with Crippen LogP contribution in [0.15, 0.2) is 92.8 Å². The molecular formula is C48H51FIN5O7. The Labute approximate surface area is 372 Å². The summed E-state index contributed by atoms with van der Waals surface area (Å²) in [5, 5.41) is 14.2. The van der Waals surface area contributed by atoms with Gasteiger partial charge >= 0.3 is 11.8 Å². The van der Waals surface area contributed by atoms with E-state index < -0.39 is 46.6 Å². The van der Waals surface area contributed by atoms with Crippen LogP contribution in [0.4, 0.5) is 20.7 Å². The molecule has 2 amide bonds. The van der Waals surface area contributed by atoms with E-state index in [-0.39, 0.29) is 56.6 Å². The van der Waals surface area contributed by atoms with Gasteiger partial charge < -0.3 is 15.2 Å². The lowest BCUT2D eigenvalue weighted by atomic mass is 9.73. The zero-order valence-corrected chi connectivity index (χ0v) is 38.0. The van der Waals surface area contributed by atoms with Gasteiger partial charge in [0.05, 0.1) is 16.9 Å². The van der Waals surface area contributed by atoms with Gasteiger partial charge in [0.15, 0.2) is 0 Å². The van der Waals surface area contributed by atoms with Crippen molar-refractivity contribution in [3.63, 3.8) is 0 Å². The Bertz CT molecular complexity index is 2870. The Hall–Kier alpha value is -5.77. The molecule has 0 aliphatic heterocycles. The van der Waals surface area contributed by atoms with E-state index in [0.29, 0.717) is 28.4 Å². The molecule has 2 atom stereocenters. The number of aromatic nitrogens is 3. The van der Waals surface area contributed by atoms with Gasteiger partial charge in [-0.1, -0.05) is 49.6 Å². The summed E-state index contributed by atoms with van der Waals surface area (Å²) in [5.41, 5.74) is 0.834.